The molecule has 2 fully saturated rings. The SMILES string of the molecule is COc1ccc(-c2csc3nc(C)nc(NC(C)C4CC5CCC4C5)c23)cc1. The van der Waals surface area contributed by atoms with Crippen LogP contribution in [0.5, 0.6) is 5.75 Å². The van der Waals surface area contributed by atoms with Gasteiger partial charge < -0.3 is 10.1 Å². The van der Waals surface area contributed by atoms with Gasteiger partial charge in [-0.15, -0.1) is 11.3 Å². The Bertz CT molecular complexity index is 997. The molecule has 28 heavy (non-hydrogen) atoms. The molecule has 0 saturated heterocycles. The summed E-state index contributed by atoms with van der Waals surface area (Å²) in [5.41, 5.74) is 2.38. The molecule has 0 radical (unpaired) electrons. The summed E-state index contributed by atoms with van der Waals surface area (Å²) < 4.78 is 5.31. The Morgan fingerprint density at radius 2 is 1.96 bits per heavy atom. The lowest BCUT2D eigenvalue weighted by molar-refractivity contribution is 0.304. The van der Waals surface area contributed by atoms with Crippen molar-refractivity contribution in [1.29, 1.82) is 0 Å². The number of hydrogen-bond acceptors (Lipinski definition) is 5. The van der Waals surface area contributed by atoms with E-state index in [9.17, 15) is 0 Å². The van der Waals surface area contributed by atoms with Crippen LogP contribution in [0.2, 0.25) is 0 Å². The lowest BCUT2D eigenvalue weighted by Gasteiger charge is -2.29. The van der Waals surface area contributed by atoms with Gasteiger partial charge in [-0.3, -0.25) is 0 Å². The monoisotopic (exact) mass is 393 g/mol. The molecule has 2 heterocycles. The number of aryl methyl sites for hydroxylation is 1. The molecule has 2 aliphatic carbocycles. The van der Waals surface area contributed by atoms with Crippen LogP contribution in [0.3, 0.4) is 0 Å². The van der Waals surface area contributed by atoms with Crippen LogP contribution in [-0.2, 0) is 0 Å². The number of fused-ring (bicyclic) bond motifs is 3. The van der Waals surface area contributed by atoms with Crippen molar-refractivity contribution >= 4 is 27.4 Å². The van der Waals surface area contributed by atoms with E-state index in [1.54, 1.807) is 18.4 Å². The van der Waals surface area contributed by atoms with Crippen molar-refractivity contribution in [3.63, 3.8) is 0 Å². The van der Waals surface area contributed by atoms with E-state index in [1.165, 1.54) is 36.8 Å². The maximum Gasteiger partial charge on any atom is 0.139 e. The number of nitrogens with zero attached hydrogens (tertiary/aromatic N) is 2. The second-order valence-electron chi connectivity index (χ2n) is 8.45. The van der Waals surface area contributed by atoms with E-state index in [0.717, 1.165) is 45.4 Å². The van der Waals surface area contributed by atoms with Crippen molar-refractivity contribution in [2.24, 2.45) is 17.8 Å². The molecular formula is C23H27N3OS. The second-order valence-corrected chi connectivity index (χ2v) is 9.31. The van der Waals surface area contributed by atoms with Gasteiger partial charge in [0.2, 0.25) is 0 Å². The smallest absolute Gasteiger partial charge is 0.139 e. The topological polar surface area (TPSA) is 47.0 Å². The third-order valence-corrected chi connectivity index (χ3v) is 7.62. The molecule has 1 aromatic carbocycles. The molecule has 146 valence electrons. The second kappa shape index (κ2) is 7.03. The van der Waals surface area contributed by atoms with Crippen molar-refractivity contribution in [3.05, 3.63) is 35.5 Å². The number of ether oxygens (including phenoxy) is 1. The highest BCUT2D eigenvalue weighted by atomic mass is 32.1. The highest BCUT2D eigenvalue weighted by Crippen LogP contribution is 2.50. The zero-order chi connectivity index (χ0) is 19.3. The predicted octanol–water partition coefficient (Wildman–Crippen LogP) is 5.91. The first-order valence-corrected chi connectivity index (χ1v) is 11.2. The standard InChI is InChI=1S/C23H27N3OS/c1-13(19-11-15-4-5-17(19)10-15)24-22-21-20(12-28-23(21)26-14(2)25-22)16-6-8-18(27-3)9-7-16/h6-9,12-13,15,17,19H,4-5,10-11H2,1-3H3,(H,24,25,26). The average Bonchev–Trinajstić information content (AvgIpc) is 3.43. The Labute approximate surface area is 170 Å². The van der Waals surface area contributed by atoms with Crippen molar-refractivity contribution in [2.75, 3.05) is 12.4 Å². The normalized spacial score (nSPS) is 24.6. The molecule has 0 aliphatic heterocycles. The molecule has 5 heteroatoms. The molecule has 0 amide bonds. The molecule has 0 spiro atoms. The molecule has 4 nitrogen and oxygen atoms in total. The molecular weight excluding hydrogens is 366 g/mol. The first kappa shape index (κ1) is 17.9. The quantitative estimate of drug-likeness (QED) is 0.585. The van der Waals surface area contributed by atoms with E-state index in [1.807, 2.05) is 19.1 Å². The molecule has 2 aliphatic rings. The van der Waals surface area contributed by atoms with Gasteiger partial charge in [-0.2, -0.15) is 0 Å². The maximum absolute atomic E-state index is 5.31. The van der Waals surface area contributed by atoms with Gasteiger partial charge in [-0.05, 0) is 68.6 Å². The Hall–Kier alpha value is -2.14. The van der Waals surface area contributed by atoms with Gasteiger partial charge >= 0.3 is 0 Å². The van der Waals surface area contributed by atoms with Crippen molar-refractivity contribution < 1.29 is 4.74 Å². The highest BCUT2D eigenvalue weighted by molar-refractivity contribution is 7.17. The number of thiophene rings is 1. The molecule has 2 aromatic heterocycles. The summed E-state index contributed by atoms with van der Waals surface area (Å²) >= 11 is 1.70. The number of aromatic nitrogens is 2. The zero-order valence-corrected chi connectivity index (χ0v) is 17.6. The number of rotatable bonds is 5. The summed E-state index contributed by atoms with van der Waals surface area (Å²) in [6.45, 7) is 4.33. The zero-order valence-electron chi connectivity index (χ0n) is 16.7. The third-order valence-electron chi connectivity index (χ3n) is 6.75. The summed E-state index contributed by atoms with van der Waals surface area (Å²) in [6.07, 6.45) is 5.66. The summed E-state index contributed by atoms with van der Waals surface area (Å²) in [6, 6.07) is 8.70. The number of nitrogens with one attached hydrogen (secondary N) is 1. The van der Waals surface area contributed by atoms with Crippen LogP contribution in [0.25, 0.3) is 21.3 Å². The van der Waals surface area contributed by atoms with Crippen molar-refractivity contribution in [1.82, 2.24) is 9.97 Å². The van der Waals surface area contributed by atoms with Crippen molar-refractivity contribution in [2.45, 2.75) is 45.6 Å². The first-order valence-electron chi connectivity index (χ1n) is 10.3. The minimum atomic E-state index is 0.441. The lowest BCUT2D eigenvalue weighted by atomic mass is 9.84. The Kier molecular flexibility index (Phi) is 4.50. The van der Waals surface area contributed by atoms with Gasteiger partial charge in [0.25, 0.3) is 0 Å². The fourth-order valence-corrected chi connectivity index (χ4v) is 6.36. The molecule has 4 unspecified atom stereocenters. The van der Waals surface area contributed by atoms with E-state index in [0.29, 0.717) is 6.04 Å². The van der Waals surface area contributed by atoms with Gasteiger partial charge in [-0.25, -0.2) is 9.97 Å². The van der Waals surface area contributed by atoms with Gasteiger partial charge in [0.1, 0.15) is 22.2 Å². The largest absolute Gasteiger partial charge is 0.497 e. The minimum Gasteiger partial charge on any atom is -0.497 e. The van der Waals surface area contributed by atoms with Gasteiger partial charge in [-0.1, -0.05) is 18.6 Å². The number of hydrogen-bond donors (Lipinski definition) is 1. The van der Waals surface area contributed by atoms with E-state index < -0.39 is 0 Å². The van der Waals surface area contributed by atoms with Gasteiger partial charge in [0.15, 0.2) is 0 Å². The van der Waals surface area contributed by atoms with Crippen LogP contribution >= 0.6 is 11.3 Å². The van der Waals surface area contributed by atoms with E-state index in [4.69, 9.17) is 14.7 Å². The lowest BCUT2D eigenvalue weighted by Crippen LogP contribution is -2.30. The van der Waals surface area contributed by atoms with Crippen LogP contribution in [-0.4, -0.2) is 23.1 Å². The van der Waals surface area contributed by atoms with Crippen molar-refractivity contribution in [3.8, 4) is 16.9 Å². The predicted molar refractivity (Wildman–Crippen MR) is 116 cm³/mol. The Balaban J connectivity index is 1.51. The van der Waals surface area contributed by atoms with Crippen LogP contribution in [0.15, 0.2) is 29.6 Å². The van der Waals surface area contributed by atoms with Crippen LogP contribution in [0.1, 0.15) is 38.4 Å². The van der Waals surface area contributed by atoms with Gasteiger partial charge in [0.05, 0.1) is 12.5 Å². The van der Waals surface area contributed by atoms with E-state index >= 15 is 0 Å². The first-order chi connectivity index (χ1) is 13.6. The molecule has 3 aromatic rings. The molecule has 5 rings (SSSR count). The number of methoxy groups -OCH3 is 1. The van der Waals surface area contributed by atoms with E-state index in [2.05, 4.69) is 29.8 Å². The van der Waals surface area contributed by atoms with Crippen LogP contribution in [0, 0.1) is 24.7 Å². The minimum absolute atomic E-state index is 0.441. The maximum atomic E-state index is 5.31. The summed E-state index contributed by atoms with van der Waals surface area (Å²) in [7, 11) is 1.70. The molecule has 1 N–H and O–H groups in total. The fourth-order valence-electron chi connectivity index (χ4n) is 5.36. The third kappa shape index (κ3) is 3.06. The van der Waals surface area contributed by atoms with Crippen LogP contribution < -0.4 is 10.1 Å². The number of anilines is 1. The van der Waals surface area contributed by atoms with E-state index in [-0.39, 0.29) is 0 Å². The Morgan fingerprint density at radius 1 is 1.14 bits per heavy atom. The average molecular weight is 394 g/mol. The Morgan fingerprint density at radius 3 is 2.64 bits per heavy atom. The molecule has 4 atom stereocenters. The highest BCUT2D eigenvalue weighted by Gasteiger charge is 2.42. The molecule has 2 saturated carbocycles. The fraction of sp³-hybridized carbons (Fsp3) is 0.478. The van der Waals surface area contributed by atoms with Crippen LogP contribution in [0.4, 0.5) is 5.82 Å². The summed E-state index contributed by atoms with van der Waals surface area (Å²) in [4.78, 5) is 10.6. The van der Waals surface area contributed by atoms with Gasteiger partial charge in [0, 0.05) is 17.0 Å². The summed E-state index contributed by atoms with van der Waals surface area (Å²) in [5, 5.41) is 7.15. The molecule has 2 bridgehead atoms. The summed E-state index contributed by atoms with van der Waals surface area (Å²) in [5.74, 6) is 5.32. The number of benzene rings is 1.